The number of nitrogens with one attached hydrogen (secondary N) is 1. The van der Waals surface area contributed by atoms with Crippen molar-refractivity contribution in [1.82, 2.24) is 9.66 Å². The second kappa shape index (κ2) is 12.6. The van der Waals surface area contributed by atoms with Gasteiger partial charge in [0.15, 0.2) is 18.1 Å². The van der Waals surface area contributed by atoms with Crippen LogP contribution in [-0.2, 0) is 4.79 Å². The monoisotopic (exact) mass is 630 g/mol. The third-order valence-electron chi connectivity index (χ3n) is 5.94. The SMILES string of the molecule is CC[C@@H](C)c1nc2ccc(Br)cc2c(=O)n1N=Cc1cc(Cl)c(OCC(=O)Nc2ccc(Cl)cc2)c(OC)c1. The molecule has 1 amide bonds. The Kier molecular flexibility index (Phi) is 9.27. The highest BCUT2D eigenvalue weighted by molar-refractivity contribution is 9.10. The fourth-order valence-electron chi connectivity index (χ4n) is 3.73. The van der Waals surface area contributed by atoms with Gasteiger partial charge < -0.3 is 14.8 Å². The maximum atomic E-state index is 13.4. The van der Waals surface area contributed by atoms with Gasteiger partial charge in [-0.05, 0) is 66.6 Å². The van der Waals surface area contributed by atoms with E-state index in [9.17, 15) is 9.59 Å². The summed E-state index contributed by atoms with van der Waals surface area (Å²) in [4.78, 5) is 30.4. The van der Waals surface area contributed by atoms with E-state index in [0.29, 0.717) is 38.8 Å². The van der Waals surface area contributed by atoms with Crippen molar-refractivity contribution >= 4 is 67.8 Å². The van der Waals surface area contributed by atoms with Crippen molar-refractivity contribution < 1.29 is 14.3 Å². The van der Waals surface area contributed by atoms with Crippen LogP contribution >= 0.6 is 39.1 Å². The lowest BCUT2D eigenvalue weighted by molar-refractivity contribution is -0.118. The minimum atomic E-state index is -0.381. The third-order valence-corrected chi connectivity index (χ3v) is 6.96. The van der Waals surface area contributed by atoms with Crippen LogP contribution in [0.25, 0.3) is 10.9 Å². The standard InChI is InChI=1S/C28H25BrCl2N4O4/c1-4-16(2)27-34-23-10-5-18(29)13-21(23)28(37)35(27)32-14-17-11-22(31)26(24(12-17)38-3)39-15-25(36)33-20-8-6-19(30)7-9-20/h5-14,16H,4,15H2,1-3H3,(H,33,36)/t16-/m1/s1. The molecule has 0 bridgehead atoms. The van der Waals surface area contributed by atoms with Gasteiger partial charge in [-0.25, -0.2) is 4.98 Å². The Morgan fingerprint density at radius 2 is 1.92 bits per heavy atom. The molecule has 1 atom stereocenters. The maximum Gasteiger partial charge on any atom is 0.282 e. The van der Waals surface area contributed by atoms with Crippen molar-refractivity contribution in [2.24, 2.45) is 5.10 Å². The number of anilines is 1. The first-order chi connectivity index (χ1) is 18.7. The van der Waals surface area contributed by atoms with Gasteiger partial charge >= 0.3 is 0 Å². The Hall–Kier alpha value is -3.40. The molecule has 1 N–H and O–H groups in total. The van der Waals surface area contributed by atoms with Crippen LogP contribution in [-0.4, -0.2) is 35.5 Å². The molecule has 11 heteroatoms. The van der Waals surface area contributed by atoms with Crippen LogP contribution in [0.5, 0.6) is 11.5 Å². The van der Waals surface area contributed by atoms with Crippen molar-refractivity contribution in [2.45, 2.75) is 26.2 Å². The molecule has 1 heterocycles. The van der Waals surface area contributed by atoms with Crippen molar-refractivity contribution in [2.75, 3.05) is 19.0 Å². The van der Waals surface area contributed by atoms with E-state index in [0.717, 1.165) is 10.9 Å². The van der Waals surface area contributed by atoms with Crippen LogP contribution in [0.1, 0.15) is 37.6 Å². The van der Waals surface area contributed by atoms with Crippen LogP contribution in [0.3, 0.4) is 0 Å². The van der Waals surface area contributed by atoms with Crippen molar-refractivity contribution in [1.29, 1.82) is 0 Å². The van der Waals surface area contributed by atoms with E-state index in [1.807, 2.05) is 19.9 Å². The zero-order valence-corrected chi connectivity index (χ0v) is 24.5. The number of hydrogen-bond donors (Lipinski definition) is 1. The van der Waals surface area contributed by atoms with E-state index in [2.05, 4.69) is 26.3 Å². The van der Waals surface area contributed by atoms with Crippen LogP contribution in [0.4, 0.5) is 5.69 Å². The van der Waals surface area contributed by atoms with Gasteiger partial charge in [0.1, 0.15) is 5.82 Å². The molecule has 0 saturated heterocycles. The molecule has 0 saturated carbocycles. The molecule has 202 valence electrons. The highest BCUT2D eigenvalue weighted by atomic mass is 79.9. The maximum absolute atomic E-state index is 13.4. The average molecular weight is 632 g/mol. The van der Waals surface area contributed by atoms with Gasteiger partial charge in [0.2, 0.25) is 0 Å². The van der Waals surface area contributed by atoms with Crippen molar-refractivity contribution in [3.63, 3.8) is 0 Å². The number of benzene rings is 3. The number of aromatic nitrogens is 2. The Morgan fingerprint density at radius 3 is 2.62 bits per heavy atom. The molecule has 0 radical (unpaired) electrons. The number of halogens is 3. The minimum absolute atomic E-state index is 0.00387. The largest absolute Gasteiger partial charge is 0.493 e. The first kappa shape index (κ1) is 28.6. The summed E-state index contributed by atoms with van der Waals surface area (Å²) in [7, 11) is 1.46. The van der Waals surface area contributed by atoms with E-state index in [4.69, 9.17) is 37.7 Å². The summed E-state index contributed by atoms with van der Waals surface area (Å²) >= 11 is 15.8. The molecular weight excluding hydrogens is 607 g/mol. The predicted octanol–water partition coefficient (Wildman–Crippen LogP) is 6.89. The molecular formula is C28H25BrCl2N4O4. The van der Waals surface area contributed by atoms with Gasteiger partial charge in [0.05, 0.1) is 29.2 Å². The van der Waals surface area contributed by atoms with Crippen LogP contribution < -0.4 is 20.3 Å². The van der Waals surface area contributed by atoms with Gasteiger partial charge in [-0.3, -0.25) is 9.59 Å². The first-order valence-corrected chi connectivity index (χ1v) is 13.6. The number of amides is 1. The Bertz CT molecular complexity index is 1610. The predicted molar refractivity (Wildman–Crippen MR) is 159 cm³/mol. The molecule has 4 aromatic rings. The Labute approximate surface area is 243 Å². The number of methoxy groups -OCH3 is 1. The molecule has 0 fully saturated rings. The molecule has 0 aliphatic rings. The van der Waals surface area contributed by atoms with E-state index >= 15 is 0 Å². The summed E-state index contributed by atoms with van der Waals surface area (Å²) in [6, 6.07) is 15.4. The Balaban J connectivity index is 1.60. The van der Waals surface area contributed by atoms with Gasteiger partial charge in [-0.15, -0.1) is 0 Å². The molecule has 0 spiro atoms. The lowest BCUT2D eigenvalue weighted by atomic mass is 10.1. The fraction of sp³-hybridized carbons (Fsp3) is 0.214. The molecule has 4 rings (SSSR count). The van der Waals surface area contributed by atoms with Crippen LogP contribution in [0, 0.1) is 0 Å². The van der Waals surface area contributed by atoms with Gasteiger partial charge in [-0.2, -0.15) is 9.78 Å². The van der Waals surface area contributed by atoms with E-state index in [-0.39, 0.29) is 34.8 Å². The summed E-state index contributed by atoms with van der Waals surface area (Å²) in [6.07, 6.45) is 2.28. The van der Waals surface area contributed by atoms with E-state index < -0.39 is 0 Å². The second-order valence-electron chi connectivity index (χ2n) is 8.68. The molecule has 0 unspecified atom stereocenters. The van der Waals surface area contributed by atoms with Gasteiger partial charge in [-0.1, -0.05) is 53.0 Å². The number of ether oxygens (including phenoxy) is 2. The number of nitrogens with zero attached hydrogens (tertiary/aromatic N) is 3. The Morgan fingerprint density at radius 1 is 1.18 bits per heavy atom. The lowest BCUT2D eigenvalue weighted by Crippen LogP contribution is -2.23. The summed E-state index contributed by atoms with van der Waals surface area (Å²) < 4.78 is 13.2. The summed E-state index contributed by atoms with van der Waals surface area (Å²) in [5.74, 6) is 0.679. The molecule has 0 aliphatic heterocycles. The van der Waals surface area contributed by atoms with Crippen molar-refractivity contribution in [3.8, 4) is 11.5 Å². The van der Waals surface area contributed by atoms with Crippen LogP contribution in [0.15, 0.2) is 69.0 Å². The summed E-state index contributed by atoms with van der Waals surface area (Å²) in [5.41, 5.74) is 1.47. The molecule has 0 aliphatic carbocycles. The molecule has 8 nitrogen and oxygen atoms in total. The van der Waals surface area contributed by atoms with E-state index in [1.54, 1.807) is 48.5 Å². The van der Waals surface area contributed by atoms with E-state index in [1.165, 1.54) is 18.0 Å². The second-order valence-corrected chi connectivity index (χ2v) is 10.4. The number of fused-ring (bicyclic) bond motifs is 1. The first-order valence-electron chi connectivity index (χ1n) is 12.0. The van der Waals surface area contributed by atoms with Crippen LogP contribution in [0.2, 0.25) is 10.0 Å². The average Bonchev–Trinajstić information content (AvgIpc) is 2.92. The highest BCUT2D eigenvalue weighted by Gasteiger charge is 2.17. The molecule has 1 aromatic heterocycles. The lowest BCUT2D eigenvalue weighted by Gasteiger charge is -2.15. The number of rotatable bonds is 9. The van der Waals surface area contributed by atoms with Gasteiger partial charge in [0.25, 0.3) is 11.5 Å². The van der Waals surface area contributed by atoms with Crippen molar-refractivity contribution in [3.05, 3.63) is 90.9 Å². The number of carbonyl (C=O) groups is 1. The van der Waals surface area contributed by atoms with Gasteiger partial charge in [0, 0.05) is 21.1 Å². The summed E-state index contributed by atoms with van der Waals surface area (Å²) in [6.45, 7) is 3.72. The quantitative estimate of drug-likeness (QED) is 0.203. The topological polar surface area (TPSA) is 94.8 Å². The smallest absolute Gasteiger partial charge is 0.282 e. The normalized spacial score (nSPS) is 12.1. The fourth-order valence-corrected chi connectivity index (χ4v) is 4.49. The molecule has 3 aromatic carbocycles. The third kappa shape index (κ3) is 6.79. The zero-order chi connectivity index (χ0) is 28.1. The number of carbonyl (C=O) groups excluding carboxylic acids is 1. The highest BCUT2D eigenvalue weighted by Crippen LogP contribution is 2.36. The minimum Gasteiger partial charge on any atom is -0.493 e. The molecule has 39 heavy (non-hydrogen) atoms. The summed E-state index contributed by atoms with van der Waals surface area (Å²) in [5, 5.41) is 8.42. The zero-order valence-electron chi connectivity index (χ0n) is 21.4. The number of hydrogen-bond acceptors (Lipinski definition) is 6.